The van der Waals surface area contributed by atoms with E-state index >= 15 is 0 Å². The van der Waals surface area contributed by atoms with Gasteiger partial charge < -0.3 is 19.8 Å². The fraction of sp³-hybridized carbons (Fsp3) is 0.263. The van der Waals surface area contributed by atoms with Gasteiger partial charge in [-0.15, -0.1) is 0 Å². The molecule has 6 heteroatoms. The Kier molecular flexibility index (Phi) is 5.42. The van der Waals surface area contributed by atoms with Crippen molar-refractivity contribution < 1.29 is 9.53 Å². The van der Waals surface area contributed by atoms with E-state index in [9.17, 15) is 4.79 Å². The molecule has 0 atom stereocenters. The zero-order valence-electron chi connectivity index (χ0n) is 14.5. The fourth-order valence-corrected chi connectivity index (χ4v) is 2.60. The number of amides is 1. The van der Waals surface area contributed by atoms with Gasteiger partial charge in [-0.05, 0) is 30.7 Å². The summed E-state index contributed by atoms with van der Waals surface area (Å²) in [5.41, 5.74) is 4.78. The van der Waals surface area contributed by atoms with E-state index in [1.165, 1.54) is 0 Å². The minimum absolute atomic E-state index is 0.0767. The second-order valence-corrected chi connectivity index (χ2v) is 5.84. The smallest absolute Gasteiger partial charge is 0.238 e. The average Bonchev–Trinajstić information content (AvgIpc) is 3.05. The molecular weight excluding hydrogens is 316 g/mol. The fourth-order valence-electron chi connectivity index (χ4n) is 2.60. The lowest BCUT2D eigenvalue weighted by atomic mass is 10.1. The maximum atomic E-state index is 11.9. The second kappa shape index (κ2) is 7.92. The number of benzene rings is 1. The number of methoxy groups -OCH3 is 1. The number of fused-ring (bicyclic) bond motifs is 1. The van der Waals surface area contributed by atoms with E-state index in [1.807, 2.05) is 60.1 Å². The number of aromatic nitrogens is 2. The quantitative estimate of drug-likeness (QED) is 0.650. The second-order valence-electron chi connectivity index (χ2n) is 5.84. The summed E-state index contributed by atoms with van der Waals surface area (Å²) in [6.07, 6.45) is 4.00. The van der Waals surface area contributed by atoms with Gasteiger partial charge in [0.25, 0.3) is 0 Å². The molecule has 2 N–H and O–H groups in total. The number of hydrogen-bond donors (Lipinski definition) is 2. The van der Waals surface area contributed by atoms with Gasteiger partial charge in [0, 0.05) is 37.3 Å². The number of rotatable bonds is 7. The standard InChI is InChI=1S/C19H22N4O2/c1-14-4-3-10-23-13-17(22-19(14)23)15-5-7-16(8-6-15)21-18(24)12-20-9-11-25-2/h3-8,10,13,20H,9,11-12H2,1-2H3,(H,21,24). The Morgan fingerprint density at radius 2 is 2.04 bits per heavy atom. The maximum Gasteiger partial charge on any atom is 0.238 e. The molecule has 0 saturated carbocycles. The summed E-state index contributed by atoms with van der Waals surface area (Å²) in [6.45, 7) is 3.54. The summed E-state index contributed by atoms with van der Waals surface area (Å²) in [5.74, 6) is -0.0767. The van der Waals surface area contributed by atoms with Crippen molar-refractivity contribution in [1.82, 2.24) is 14.7 Å². The van der Waals surface area contributed by atoms with Gasteiger partial charge in [0.1, 0.15) is 5.65 Å². The first-order valence-electron chi connectivity index (χ1n) is 8.21. The van der Waals surface area contributed by atoms with E-state index in [4.69, 9.17) is 4.74 Å². The van der Waals surface area contributed by atoms with E-state index in [-0.39, 0.29) is 12.5 Å². The highest BCUT2D eigenvalue weighted by Gasteiger charge is 2.07. The molecule has 1 amide bonds. The third kappa shape index (κ3) is 4.23. The van der Waals surface area contributed by atoms with Crippen molar-refractivity contribution in [3.8, 4) is 11.3 Å². The van der Waals surface area contributed by atoms with Gasteiger partial charge in [0.05, 0.1) is 18.8 Å². The van der Waals surface area contributed by atoms with E-state index in [2.05, 4.69) is 15.6 Å². The Morgan fingerprint density at radius 3 is 2.76 bits per heavy atom. The first-order valence-corrected chi connectivity index (χ1v) is 8.21. The number of ether oxygens (including phenoxy) is 1. The van der Waals surface area contributed by atoms with E-state index < -0.39 is 0 Å². The van der Waals surface area contributed by atoms with E-state index in [1.54, 1.807) is 7.11 Å². The Hall–Kier alpha value is -2.70. The molecule has 2 aromatic heterocycles. The van der Waals surface area contributed by atoms with Gasteiger partial charge in [-0.3, -0.25) is 4.79 Å². The summed E-state index contributed by atoms with van der Waals surface area (Å²) >= 11 is 0. The number of anilines is 1. The van der Waals surface area contributed by atoms with Gasteiger partial charge >= 0.3 is 0 Å². The molecule has 1 aromatic carbocycles. The van der Waals surface area contributed by atoms with Crippen LogP contribution in [-0.2, 0) is 9.53 Å². The van der Waals surface area contributed by atoms with Gasteiger partial charge in [-0.25, -0.2) is 4.98 Å². The Morgan fingerprint density at radius 1 is 1.24 bits per heavy atom. The molecule has 0 fully saturated rings. The van der Waals surface area contributed by atoms with Gasteiger partial charge in [-0.2, -0.15) is 0 Å². The molecule has 3 rings (SSSR count). The molecule has 0 radical (unpaired) electrons. The van der Waals surface area contributed by atoms with Crippen molar-refractivity contribution >= 4 is 17.2 Å². The first kappa shape index (κ1) is 17.1. The number of aryl methyl sites for hydroxylation is 1. The maximum absolute atomic E-state index is 11.9. The van der Waals surface area contributed by atoms with Crippen LogP contribution in [0, 0.1) is 6.92 Å². The largest absolute Gasteiger partial charge is 0.383 e. The van der Waals surface area contributed by atoms with Crippen molar-refractivity contribution in [2.45, 2.75) is 6.92 Å². The van der Waals surface area contributed by atoms with Crippen LogP contribution in [-0.4, -0.2) is 42.1 Å². The highest BCUT2D eigenvalue weighted by molar-refractivity contribution is 5.92. The zero-order chi connectivity index (χ0) is 17.6. The molecule has 2 heterocycles. The molecule has 0 unspecified atom stereocenters. The van der Waals surface area contributed by atoms with Crippen molar-refractivity contribution in [3.05, 3.63) is 54.4 Å². The average molecular weight is 338 g/mol. The molecule has 0 bridgehead atoms. The first-order chi connectivity index (χ1) is 12.2. The highest BCUT2D eigenvalue weighted by Crippen LogP contribution is 2.22. The molecule has 6 nitrogen and oxygen atoms in total. The summed E-state index contributed by atoms with van der Waals surface area (Å²) < 4.78 is 6.94. The molecule has 3 aromatic rings. The van der Waals surface area contributed by atoms with Crippen LogP contribution in [0.5, 0.6) is 0 Å². The van der Waals surface area contributed by atoms with Crippen LogP contribution in [0.15, 0.2) is 48.8 Å². The Labute approximate surface area is 146 Å². The third-order valence-electron chi connectivity index (χ3n) is 3.91. The monoisotopic (exact) mass is 338 g/mol. The lowest BCUT2D eigenvalue weighted by Gasteiger charge is -2.07. The van der Waals surface area contributed by atoms with Crippen LogP contribution >= 0.6 is 0 Å². The van der Waals surface area contributed by atoms with Crippen molar-refractivity contribution in [1.29, 1.82) is 0 Å². The SMILES string of the molecule is COCCNCC(=O)Nc1ccc(-c2cn3cccc(C)c3n2)cc1. The number of nitrogens with one attached hydrogen (secondary N) is 2. The van der Waals surface area contributed by atoms with Gasteiger partial charge in [0.15, 0.2) is 0 Å². The summed E-state index contributed by atoms with van der Waals surface area (Å²) in [6, 6.07) is 11.8. The van der Waals surface area contributed by atoms with E-state index in [0.29, 0.717) is 13.2 Å². The van der Waals surface area contributed by atoms with Crippen LogP contribution < -0.4 is 10.6 Å². The number of carbonyl (C=O) groups excluding carboxylic acids is 1. The van der Waals surface area contributed by atoms with Crippen molar-refractivity contribution in [2.24, 2.45) is 0 Å². The molecule has 0 saturated heterocycles. The molecule has 0 aliphatic carbocycles. The van der Waals surface area contributed by atoms with Gasteiger partial charge in [-0.1, -0.05) is 18.2 Å². The minimum atomic E-state index is -0.0767. The normalized spacial score (nSPS) is 11.0. The van der Waals surface area contributed by atoms with Crippen molar-refractivity contribution in [3.63, 3.8) is 0 Å². The summed E-state index contributed by atoms with van der Waals surface area (Å²) in [4.78, 5) is 16.5. The van der Waals surface area contributed by atoms with Crippen molar-refractivity contribution in [2.75, 3.05) is 32.1 Å². The number of hydrogen-bond acceptors (Lipinski definition) is 4. The third-order valence-corrected chi connectivity index (χ3v) is 3.91. The predicted molar refractivity (Wildman–Crippen MR) is 98.7 cm³/mol. The molecule has 25 heavy (non-hydrogen) atoms. The van der Waals surface area contributed by atoms with Crippen LogP contribution in [0.2, 0.25) is 0 Å². The summed E-state index contributed by atoms with van der Waals surface area (Å²) in [7, 11) is 1.63. The molecule has 0 aliphatic heterocycles. The molecular formula is C19H22N4O2. The predicted octanol–water partition coefficient (Wildman–Crippen LogP) is 2.48. The minimum Gasteiger partial charge on any atom is -0.383 e. The lowest BCUT2D eigenvalue weighted by Crippen LogP contribution is -2.30. The number of imidazole rings is 1. The molecule has 130 valence electrons. The Balaban J connectivity index is 1.65. The van der Waals surface area contributed by atoms with Crippen LogP contribution in [0.3, 0.4) is 0 Å². The number of carbonyl (C=O) groups is 1. The highest BCUT2D eigenvalue weighted by atomic mass is 16.5. The lowest BCUT2D eigenvalue weighted by molar-refractivity contribution is -0.115. The van der Waals surface area contributed by atoms with Gasteiger partial charge in [0.2, 0.25) is 5.91 Å². The number of nitrogens with zero attached hydrogens (tertiary/aromatic N) is 2. The molecule has 0 aliphatic rings. The molecule has 0 spiro atoms. The topological polar surface area (TPSA) is 67.7 Å². The van der Waals surface area contributed by atoms with Crippen LogP contribution in [0.1, 0.15) is 5.56 Å². The Bertz CT molecular complexity index is 855. The van der Waals surface area contributed by atoms with Crippen LogP contribution in [0.4, 0.5) is 5.69 Å². The summed E-state index contributed by atoms with van der Waals surface area (Å²) in [5, 5.41) is 5.88. The van der Waals surface area contributed by atoms with E-state index in [0.717, 1.165) is 28.2 Å². The van der Waals surface area contributed by atoms with Crippen LogP contribution in [0.25, 0.3) is 16.9 Å². The zero-order valence-corrected chi connectivity index (χ0v) is 14.5. The number of pyridine rings is 1.